The number of nitro benzene ring substituents is 1. The second-order valence-electron chi connectivity index (χ2n) is 5.66. The molecule has 2 rings (SSSR count). The molecule has 0 aliphatic heterocycles. The zero-order valence-corrected chi connectivity index (χ0v) is 14.8. The van der Waals surface area contributed by atoms with Crippen molar-refractivity contribution < 1.29 is 22.9 Å². The van der Waals surface area contributed by atoms with Crippen molar-refractivity contribution in [1.29, 1.82) is 0 Å². The second kappa shape index (κ2) is 8.26. The van der Waals surface area contributed by atoms with E-state index in [1.165, 1.54) is 6.92 Å². The summed E-state index contributed by atoms with van der Waals surface area (Å²) in [6.45, 7) is 1.57. The van der Waals surface area contributed by atoms with Crippen molar-refractivity contribution in [3.05, 3.63) is 68.7 Å². The summed E-state index contributed by atoms with van der Waals surface area (Å²) < 4.78 is 38.2. The molecule has 2 aromatic rings. The molecular formula is C17H15ClF3N3O3. The molecule has 0 radical (unpaired) electrons. The first-order chi connectivity index (χ1) is 12.6. The molecule has 0 aromatic heterocycles. The Morgan fingerprint density at radius 1 is 1.26 bits per heavy atom. The molecule has 27 heavy (non-hydrogen) atoms. The first-order valence-electron chi connectivity index (χ1n) is 7.73. The summed E-state index contributed by atoms with van der Waals surface area (Å²) >= 11 is 5.99. The number of nitrogens with zero attached hydrogens (tertiary/aromatic N) is 1. The molecule has 6 nitrogen and oxygen atoms in total. The first-order valence-corrected chi connectivity index (χ1v) is 8.10. The lowest BCUT2D eigenvalue weighted by Gasteiger charge is -2.16. The predicted octanol–water partition coefficient (Wildman–Crippen LogP) is 4.38. The van der Waals surface area contributed by atoms with Crippen LogP contribution in [-0.2, 0) is 17.5 Å². The topological polar surface area (TPSA) is 84.3 Å². The molecule has 0 aliphatic carbocycles. The van der Waals surface area contributed by atoms with Crippen LogP contribution in [0.3, 0.4) is 0 Å². The van der Waals surface area contributed by atoms with Crippen LogP contribution in [0.15, 0.2) is 42.5 Å². The van der Waals surface area contributed by atoms with Crippen LogP contribution in [0.4, 0.5) is 24.5 Å². The number of carbonyl (C=O) groups excluding carboxylic acids is 1. The first kappa shape index (κ1) is 20.5. The highest BCUT2D eigenvalue weighted by atomic mass is 35.5. The zero-order chi connectivity index (χ0) is 20.2. The molecule has 2 N–H and O–H groups in total. The van der Waals surface area contributed by atoms with Gasteiger partial charge in [-0.15, -0.1) is 0 Å². The van der Waals surface area contributed by atoms with Gasteiger partial charge in [-0.05, 0) is 30.7 Å². The number of hydrogen-bond donors (Lipinski definition) is 2. The van der Waals surface area contributed by atoms with E-state index in [9.17, 15) is 28.1 Å². The van der Waals surface area contributed by atoms with Gasteiger partial charge in [0, 0.05) is 17.6 Å². The standard InChI is InChI=1S/C17H15ClF3N3O3/c1-10(16(25)22-9-11-4-2-3-5-13(11)18)23-14-7-6-12(17(19,20)21)8-15(14)24(26)27/h2-8,10,23H,9H2,1H3,(H,22,25). The van der Waals surface area contributed by atoms with Gasteiger partial charge in [-0.2, -0.15) is 13.2 Å². The maximum absolute atomic E-state index is 12.7. The maximum Gasteiger partial charge on any atom is 0.416 e. The summed E-state index contributed by atoms with van der Waals surface area (Å²) in [5.41, 5.74) is -1.42. The van der Waals surface area contributed by atoms with Crippen molar-refractivity contribution in [3.8, 4) is 0 Å². The van der Waals surface area contributed by atoms with E-state index in [0.29, 0.717) is 22.7 Å². The van der Waals surface area contributed by atoms with E-state index in [4.69, 9.17) is 11.6 Å². The Kier molecular flexibility index (Phi) is 6.27. The largest absolute Gasteiger partial charge is 0.416 e. The molecule has 0 saturated heterocycles. The fourth-order valence-electron chi connectivity index (χ4n) is 2.26. The summed E-state index contributed by atoms with van der Waals surface area (Å²) in [6.07, 6.45) is -4.71. The van der Waals surface area contributed by atoms with Gasteiger partial charge in [-0.1, -0.05) is 29.8 Å². The van der Waals surface area contributed by atoms with Crippen molar-refractivity contribution in [2.75, 3.05) is 5.32 Å². The van der Waals surface area contributed by atoms with Crippen LogP contribution in [0.5, 0.6) is 0 Å². The van der Waals surface area contributed by atoms with Crippen LogP contribution in [0.1, 0.15) is 18.1 Å². The zero-order valence-electron chi connectivity index (χ0n) is 14.0. The van der Waals surface area contributed by atoms with Crippen LogP contribution in [-0.4, -0.2) is 16.9 Å². The second-order valence-corrected chi connectivity index (χ2v) is 6.07. The van der Waals surface area contributed by atoms with Gasteiger partial charge < -0.3 is 10.6 Å². The van der Waals surface area contributed by atoms with E-state index in [-0.39, 0.29) is 12.2 Å². The summed E-state index contributed by atoms with van der Waals surface area (Å²) in [6, 6.07) is 8.02. The number of halogens is 4. The molecule has 1 atom stereocenters. The van der Waals surface area contributed by atoms with Crippen LogP contribution in [0, 0.1) is 10.1 Å². The lowest BCUT2D eigenvalue weighted by molar-refractivity contribution is -0.384. The highest BCUT2D eigenvalue weighted by molar-refractivity contribution is 6.31. The van der Waals surface area contributed by atoms with Gasteiger partial charge in [0.2, 0.25) is 5.91 Å². The molecule has 0 fully saturated rings. The van der Waals surface area contributed by atoms with Crippen molar-refractivity contribution in [3.63, 3.8) is 0 Å². The van der Waals surface area contributed by atoms with Crippen LogP contribution in [0.25, 0.3) is 0 Å². The molecule has 2 aromatic carbocycles. The van der Waals surface area contributed by atoms with Crippen molar-refractivity contribution in [1.82, 2.24) is 5.32 Å². The maximum atomic E-state index is 12.7. The van der Waals surface area contributed by atoms with E-state index in [1.54, 1.807) is 24.3 Å². The molecular weight excluding hydrogens is 387 g/mol. The summed E-state index contributed by atoms with van der Waals surface area (Å²) in [5, 5.41) is 16.7. The quantitative estimate of drug-likeness (QED) is 0.555. The predicted molar refractivity (Wildman–Crippen MR) is 94.5 cm³/mol. The third-order valence-corrected chi connectivity index (χ3v) is 4.07. The van der Waals surface area contributed by atoms with E-state index in [1.807, 2.05) is 0 Å². The van der Waals surface area contributed by atoms with Crippen molar-refractivity contribution in [2.45, 2.75) is 25.7 Å². The Balaban J connectivity index is 2.10. The monoisotopic (exact) mass is 401 g/mol. The highest BCUT2D eigenvalue weighted by Crippen LogP contribution is 2.35. The van der Waals surface area contributed by atoms with Gasteiger partial charge in [0.15, 0.2) is 0 Å². The van der Waals surface area contributed by atoms with Crippen LogP contribution < -0.4 is 10.6 Å². The average molecular weight is 402 g/mol. The smallest absolute Gasteiger partial charge is 0.368 e. The van der Waals surface area contributed by atoms with Crippen molar-refractivity contribution in [2.24, 2.45) is 0 Å². The molecule has 1 amide bonds. The summed E-state index contributed by atoms with van der Waals surface area (Å²) in [7, 11) is 0. The third-order valence-electron chi connectivity index (χ3n) is 3.70. The summed E-state index contributed by atoms with van der Waals surface area (Å²) in [5.74, 6) is -0.496. The Morgan fingerprint density at radius 2 is 1.93 bits per heavy atom. The van der Waals surface area contributed by atoms with Gasteiger partial charge >= 0.3 is 6.18 Å². The number of benzene rings is 2. The molecule has 0 bridgehead atoms. The van der Waals surface area contributed by atoms with E-state index in [0.717, 1.165) is 6.07 Å². The number of nitrogens with one attached hydrogen (secondary N) is 2. The SMILES string of the molecule is CC(Nc1ccc(C(F)(F)F)cc1[N+](=O)[O-])C(=O)NCc1ccccc1Cl. The molecule has 0 spiro atoms. The lowest BCUT2D eigenvalue weighted by atomic mass is 10.1. The number of nitro groups is 1. The van der Waals surface area contributed by atoms with Gasteiger partial charge in [-0.25, -0.2) is 0 Å². The van der Waals surface area contributed by atoms with E-state index < -0.39 is 34.3 Å². The normalized spacial score (nSPS) is 12.3. The van der Waals surface area contributed by atoms with E-state index in [2.05, 4.69) is 10.6 Å². The molecule has 10 heteroatoms. The number of carbonyl (C=O) groups is 1. The molecule has 144 valence electrons. The minimum absolute atomic E-state index is 0.139. The fourth-order valence-corrected chi connectivity index (χ4v) is 2.46. The van der Waals surface area contributed by atoms with Gasteiger partial charge in [0.05, 0.1) is 10.5 Å². The number of rotatable bonds is 6. The number of anilines is 1. The van der Waals surface area contributed by atoms with Gasteiger partial charge in [0.25, 0.3) is 5.69 Å². The molecule has 0 heterocycles. The number of alkyl halides is 3. The Bertz CT molecular complexity index is 859. The van der Waals surface area contributed by atoms with Crippen LogP contribution >= 0.6 is 11.6 Å². The minimum Gasteiger partial charge on any atom is -0.368 e. The third kappa shape index (κ3) is 5.33. The fraction of sp³-hybridized carbons (Fsp3) is 0.235. The van der Waals surface area contributed by atoms with Crippen LogP contribution in [0.2, 0.25) is 5.02 Å². The molecule has 0 saturated carbocycles. The van der Waals surface area contributed by atoms with Gasteiger partial charge in [-0.3, -0.25) is 14.9 Å². The summed E-state index contributed by atoms with van der Waals surface area (Å²) in [4.78, 5) is 22.3. The Hall–Kier alpha value is -2.81. The molecule has 0 aliphatic rings. The number of amides is 1. The number of hydrogen-bond acceptors (Lipinski definition) is 4. The molecule has 1 unspecified atom stereocenters. The van der Waals surface area contributed by atoms with Gasteiger partial charge in [0.1, 0.15) is 11.7 Å². The van der Waals surface area contributed by atoms with Crippen molar-refractivity contribution >= 4 is 28.9 Å². The minimum atomic E-state index is -4.71. The lowest BCUT2D eigenvalue weighted by Crippen LogP contribution is -2.37. The van der Waals surface area contributed by atoms with E-state index >= 15 is 0 Å². The average Bonchev–Trinajstić information content (AvgIpc) is 2.59. The Morgan fingerprint density at radius 3 is 2.52 bits per heavy atom. The Labute approximate surface area is 157 Å². The highest BCUT2D eigenvalue weighted by Gasteiger charge is 2.33.